The first-order chi connectivity index (χ1) is 14.9. The molecule has 0 aliphatic carbocycles. The summed E-state index contributed by atoms with van der Waals surface area (Å²) >= 11 is 0.590. The van der Waals surface area contributed by atoms with Crippen LogP contribution in [0.5, 0.6) is 0 Å². The van der Waals surface area contributed by atoms with Crippen molar-refractivity contribution in [2.45, 2.75) is 23.6 Å². The Kier molecular flexibility index (Phi) is 12.1. The maximum atomic E-state index is 12.1. The van der Waals surface area contributed by atoms with Gasteiger partial charge in [0.2, 0.25) is 6.54 Å². The van der Waals surface area contributed by atoms with E-state index in [0.29, 0.717) is 35.7 Å². The summed E-state index contributed by atoms with van der Waals surface area (Å²) in [7, 11) is -3.68. The van der Waals surface area contributed by atoms with Gasteiger partial charge >= 0.3 is 29.6 Å². The predicted octanol–water partition coefficient (Wildman–Crippen LogP) is 1.31. The summed E-state index contributed by atoms with van der Waals surface area (Å²) in [6, 6.07) is 9.71. The summed E-state index contributed by atoms with van der Waals surface area (Å²) < 4.78 is 28.5. The summed E-state index contributed by atoms with van der Waals surface area (Å²) in [5, 5.41) is 22.7. The van der Waals surface area contributed by atoms with Crippen LogP contribution in [0.2, 0.25) is 0 Å². The zero-order valence-electron chi connectivity index (χ0n) is 18.0. The first kappa shape index (κ1) is 28.3. The number of aryl methyl sites for hydroxylation is 1. The molecule has 32 heavy (non-hydrogen) atoms. The number of rotatable bonds is 11. The van der Waals surface area contributed by atoms with E-state index >= 15 is 0 Å². The molecule has 2 rings (SSSR count). The molecule has 0 heterocycles. The van der Waals surface area contributed by atoms with Gasteiger partial charge in [0.15, 0.2) is 9.84 Å². The van der Waals surface area contributed by atoms with E-state index in [1.54, 1.807) is 6.07 Å². The zero-order valence-corrected chi connectivity index (χ0v) is 21.6. The number of hydrogen-bond acceptors (Lipinski definition) is 9. The van der Waals surface area contributed by atoms with Gasteiger partial charge in [-0.1, -0.05) is 6.58 Å². The topological polar surface area (TPSA) is 108 Å². The average molecular weight is 485 g/mol. The van der Waals surface area contributed by atoms with Crippen molar-refractivity contribution in [3.05, 3.63) is 65.4 Å². The van der Waals surface area contributed by atoms with Gasteiger partial charge in [-0.15, -0.1) is 5.11 Å². The Bertz CT molecular complexity index is 1100. The number of nitrogens with zero attached hydrogens (tertiary/aromatic N) is 4. The Morgan fingerprint density at radius 1 is 1.25 bits per heavy atom. The molecular formula is C20H21N4NaO5S2. The van der Waals surface area contributed by atoms with Crippen molar-refractivity contribution in [2.75, 3.05) is 24.5 Å². The fourth-order valence-electron chi connectivity index (χ4n) is 2.67. The van der Waals surface area contributed by atoms with E-state index < -0.39 is 9.84 Å². The molecular weight excluding hydrogens is 463 g/mol. The zero-order chi connectivity index (χ0) is 22.9. The Morgan fingerprint density at radius 3 is 2.56 bits per heavy atom. The predicted molar refractivity (Wildman–Crippen MR) is 117 cm³/mol. The van der Waals surface area contributed by atoms with Gasteiger partial charge in [0, 0.05) is 17.6 Å². The van der Waals surface area contributed by atoms with Crippen LogP contribution in [0.4, 0.5) is 17.1 Å². The maximum Gasteiger partial charge on any atom is 1.00 e. The minimum atomic E-state index is -3.68. The normalized spacial score (nSPS) is 11.1. The summed E-state index contributed by atoms with van der Waals surface area (Å²) in [6.45, 7) is 16.0. The molecule has 0 saturated heterocycles. The summed E-state index contributed by atoms with van der Waals surface area (Å²) in [5.41, 5.74) is 2.59. The number of azo groups is 1. The molecule has 0 radical (unpaired) electrons. The van der Waals surface area contributed by atoms with Crippen molar-refractivity contribution in [2.24, 2.45) is 10.2 Å². The van der Waals surface area contributed by atoms with Crippen molar-refractivity contribution < 1.29 is 52.6 Å². The van der Waals surface area contributed by atoms with Gasteiger partial charge < -0.3 is 15.0 Å². The van der Waals surface area contributed by atoms with E-state index in [1.165, 1.54) is 18.2 Å². The third-order valence-electron chi connectivity index (χ3n) is 4.30. The van der Waals surface area contributed by atoms with Crippen LogP contribution in [-0.2, 0) is 19.2 Å². The van der Waals surface area contributed by atoms with Crippen LogP contribution in [0.3, 0.4) is 0 Å². The minimum Gasteiger partial charge on any atom is -0.691 e. The molecule has 0 aliphatic rings. The standard InChI is InChI=1S/C20H22N4O5S2.Na/c1-5-24(12-11-21-4)16-7-9-18(15(3)13-16)22-23-19-14-17(31(26,27)6-2)8-10-20(19)30-29-28-25;/h6-10,13-14,25H,2,5,11-12H2,1,3H3;/q;+1/p-1. The Balaban J connectivity index is 0.00000512. The fourth-order valence-corrected chi connectivity index (χ4v) is 3.80. The van der Waals surface area contributed by atoms with Crippen molar-refractivity contribution in [3.63, 3.8) is 0 Å². The van der Waals surface area contributed by atoms with Gasteiger partial charge in [0.05, 0.1) is 34.1 Å². The molecule has 0 fully saturated rings. The molecule has 0 saturated carbocycles. The van der Waals surface area contributed by atoms with Crippen molar-refractivity contribution in [1.29, 1.82) is 0 Å². The molecule has 12 heteroatoms. The average Bonchev–Trinajstić information content (AvgIpc) is 2.77. The van der Waals surface area contributed by atoms with Gasteiger partial charge in [-0.2, -0.15) is 9.45 Å². The molecule has 2 aromatic carbocycles. The molecule has 164 valence electrons. The molecule has 0 aliphatic heterocycles. The van der Waals surface area contributed by atoms with Gasteiger partial charge in [0.25, 0.3) is 0 Å². The van der Waals surface area contributed by atoms with E-state index in [2.05, 4.69) is 35.9 Å². The molecule has 0 spiro atoms. The fraction of sp³-hybridized carbons (Fsp3) is 0.250. The number of benzene rings is 2. The van der Waals surface area contributed by atoms with Crippen molar-refractivity contribution in [1.82, 2.24) is 0 Å². The van der Waals surface area contributed by atoms with Gasteiger partial charge in [0.1, 0.15) is 5.69 Å². The number of hydrogen-bond donors (Lipinski definition) is 0. The molecule has 2 aromatic rings. The number of anilines is 1. The van der Waals surface area contributed by atoms with E-state index in [4.69, 9.17) is 6.57 Å². The van der Waals surface area contributed by atoms with E-state index in [1.807, 2.05) is 26.0 Å². The molecule has 0 aromatic heterocycles. The third kappa shape index (κ3) is 7.68. The molecule has 0 unspecified atom stereocenters. The van der Waals surface area contributed by atoms with Crippen LogP contribution < -0.4 is 39.7 Å². The van der Waals surface area contributed by atoms with Crippen LogP contribution in [-0.4, -0.2) is 28.1 Å². The summed E-state index contributed by atoms with van der Waals surface area (Å²) in [6.07, 6.45) is 0. The summed E-state index contributed by atoms with van der Waals surface area (Å²) in [5.74, 6) is 0. The Morgan fingerprint density at radius 2 is 1.97 bits per heavy atom. The van der Waals surface area contributed by atoms with E-state index in [9.17, 15) is 13.7 Å². The molecule has 9 nitrogen and oxygen atoms in total. The quantitative estimate of drug-likeness (QED) is 0.118. The third-order valence-corrected chi connectivity index (χ3v) is 6.30. The SMILES string of the molecule is [C-]#[N+]CCN(CC)c1ccc(N=Nc2cc(S(=O)(=O)C=C)ccc2SOO[O-])c(C)c1.[Na+]. The Labute approximate surface area is 214 Å². The molecule has 0 amide bonds. The molecule has 0 N–H and O–H groups in total. The second kappa shape index (κ2) is 13.7. The van der Waals surface area contributed by atoms with E-state index in [-0.39, 0.29) is 40.1 Å². The maximum absolute atomic E-state index is 12.1. The summed E-state index contributed by atoms with van der Waals surface area (Å²) in [4.78, 5) is 5.81. The smallest absolute Gasteiger partial charge is 0.691 e. The van der Waals surface area contributed by atoms with Gasteiger partial charge in [-0.25, -0.2) is 15.0 Å². The van der Waals surface area contributed by atoms with E-state index in [0.717, 1.165) is 23.2 Å². The monoisotopic (exact) mass is 484 g/mol. The second-order valence-electron chi connectivity index (χ2n) is 6.19. The van der Waals surface area contributed by atoms with Crippen LogP contribution in [0.1, 0.15) is 12.5 Å². The largest absolute Gasteiger partial charge is 1.00 e. The minimum absolute atomic E-state index is 0. The first-order valence-electron chi connectivity index (χ1n) is 9.11. The Hall–Kier alpha value is -1.75. The van der Waals surface area contributed by atoms with Gasteiger partial charge in [-0.05, 0) is 55.8 Å². The second-order valence-corrected chi connectivity index (χ2v) is 8.83. The van der Waals surface area contributed by atoms with Crippen LogP contribution in [0.25, 0.3) is 4.85 Å². The van der Waals surface area contributed by atoms with Crippen LogP contribution >= 0.6 is 12.0 Å². The van der Waals surface area contributed by atoms with Gasteiger partial charge in [-0.3, -0.25) is 5.04 Å². The van der Waals surface area contributed by atoms with Crippen LogP contribution in [0, 0.1) is 13.5 Å². The van der Waals surface area contributed by atoms with Crippen molar-refractivity contribution in [3.8, 4) is 0 Å². The first-order valence-corrected chi connectivity index (χ1v) is 11.4. The number of likely N-dealkylation sites (N-methyl/N-ethyl adjacent to an activating group) is 1. The van der Waals surface area contributed by atoms with Crippen molar-refractivity contribution >= 4 is 38.9 Å². The molecule has 0 bridgehead atoms. The van der Waals surface area contributed by atoms with Crippen LogP contribution in [0.15, 0.2) is 68.4 Å². The molecule has 0 atom stereocenters. The number of sulfone groups is 1.